The van der Waals surface area contributed by atoms with Crippen LogP contribution in [0.5, 0.6) is 0 Å². The van der Waals surface area contributed by atoms with Crippen LogP contribution in [0.3, 0.4) is 0 Å². The SMILES string of the molecule is CCCNC(=O)CN1CCN(Cn2ncc(Cl)c(Cl)c2=O)CC1. The fourth-order valence-corrected chi connectivity index (χ4v) is 2.62. The van der Waals surface area contributed by atoms with E-state index in [1.807, 2.05) is 6.92 Å². The average molecular weight is 362 g/mol. The normalized spacial score (nSPS) is 16.5. The predicted octanol–water partition coefficient (Wildman–Crippen LogP) is 0.651. The lowest BCUT2D eigenvalue weighted by Crippen LogP contribution is -2.50. The van der Waals surface area contributed by atoms with Gasteiger partial charge >= 0.3 is 0 Å². The first kappa shape index (κ1) is 18.2. The fraction of sp³-hybridized carbons (Fsp3) is 0.643. The smallest absolute Gasteiger partial charge is 0.288 e. The van der Waals surface area contributed by atoms with Crippen LogP contribution in [0.2, 0.25) is 10.0 Å². The van der Waals surface area contributed by atoms with Gasteiger partial charge in [-0.15, -0.1) is 0 Å². The van der Waals surface area contributed by atoms with Crippen molar-refractivity contribution in [3.05, 3.63) is 26.6 Å². The number of halogens is 2. The van der Waals surface area contributed by atoms with E-state index in [0.717, 1.165) is 32.6 Å². The zero-order chi connectivity index (χ0) is 16.8. The third-order valence-corrected chi connectivity index (χ3v) is 4.43. The lowest BCUT2D eigenvalue weighted by Gasteiger charge is -2.34. The van der Waals surface area contributed by atoms with E-state index in [9.17, 15) is 9.59 Å². The average Bonchev–Trinajstić information content (AvgIpc) is 2.55. The van der Waals surface area contributed by atoms with Crippen molar-refractivity contribution in [3.63, 3.8) is 0 Å². The number of carbonyl (C=O) groups is 1. The van der Waals surface area contributed by atoms with Crippen molar-refractivity contribution in [2.75, 3.05) is 39.3 Å². The minimum atomic E-state index is -0.388. The summed E-state index contributed by atoms with van der Waals surface area (Å²) >= 11 is 11.6. The molecule has 1 fully saturated rings. The second-order valence-electron chi connectivity index (χ2n) is 5.50. The Morgan fingerprint density at radius 1 is 1.26 bits per heavy atom. The first-order chi connectivity index (χ1) is 11.0. The van der Waals surface area contributed by atoms with E-state index in [-0.39, 0.29) is 21.5 Å². The van der Waals surface area contributed by atoms with Crippen LogP contribution in [0, 0.1) is 0 Å². The first-order valence-corrected chi connectivity index (χ1v) is 8.39. The summed E-state index contributed by atoms with van der Waals surface area (Å²) in [6, 6.07) is 0. The molecule has 2 rings (SSSR count). The van der Waals surface area contributed by atoms with E-state index < -0.39 is 0 Å². The van der Waals surface area contributed by atoms with Gasteiger partial charge in [0.15, 0.2) is 0 Å². The van der Waals surface area contributed by atoms with Gasteiger partial charge in [0.05, 0.1) is 24.4 Å². The summed E-state index contributed by atoms with van der Waals surface area (Å²) in [5.74, 6) is 0.0580. The Hall–Kier alpha value is -1.15. The minimum Gasteiger partial charge on any atom is -0.355 e. The number of piperazine rings is 1. The van der Waals surface area contributed by atoms with E-state index in [0.29, 0.717) is 19.8 Å². The van der Waals surface area contributed by atoms with E-state index in [1.165, 1.54) is 10.9 Å². The van der Waals surface area contributed by atoms with Gasteiger partial charge in [0.1, 0.15) is 5.02 Å². The largest absolute Gasteiger partial charge is 0.355 e. The van der Waals surface area contributed by atoms with Crippen LogP contribution in [0.4, 0.5) is 0 Å². The molecule has 23 heavy (non-hydrogen) atoms. The number of nitrogens with one attached hydrogen (secondary N) is 1. The van der Waals surface area contributed by atoms with Crippen molar-refractivity contribution in [3.8, 4) is 0 Å². The zero-order valence-electron chi connectivity index (χ0n) is 13.1. The van der Waals surface area contributed by atoms with Crippen molar-refractivity contribution in [1.82, 2.24) is 24.9 Å². The second kappa shape index (κ2) is 8.63. The highest BCUT2D eigenvalue weighted by Crippen LogP contribution is 2.14. The Balaban J connectivity index is 1.82. The Morgan fingerprint density at radius 2 is 1.91 bits per heavy atom. The number of nitrogens with zero attached hydrogens (tertiary/aromatic N) is 4. The van der Waals surface area contributed by atoms with Crippen molar-refractivity contribution >= 4 is 29.1 Å². The molecule has 9 heteroatoms. The molecule has 128 valence electrons. The van der Waals surface area contributed by atoms with Crippen molar-refractivity contribution in [2.24, 2.45) is 0 Å². The van der Waals surface area contributed by atoms with Crippen LogP contribution in [0.15, 0.2) is 11.0 Å². The van der Waals surface area contributed by atoms with E-state index in [4.69, 9.17) is 23.2 Å². The molecule has 1 N–H and O–H groups in total. The molecule has 1 saturated heterocycles. The Kier molecular flexibility index (Phi) is 6.83. The predicted molar refractivity (Wildman–Crippen MR) is 89.8 cm³/mol. The molecule has 7 nitrogen and oxygen atoms in total. The van der Waals surface area contributed by atoms with Crippen molar-refractivity contribution in [2.45, 2.75) is 20.0 Å². The Morgan fingerprint density at radius 3 is 2.57 bits per heavy atom. The number of hydrogen-bond donors (Lipinski definition) is 1. The van der Waals surface area contributed by atoms with Gasteiger partial charge in [0.2, 0.25) is 5.91 Å². The molecular formula is C14H21Cl2N5O2. The molecule has 0 unspecified atom stereocenters. The van der Waals surface area contributed by atoms with Gasteiger partial charge in [-0.2, -0.15) is 5.10 Å². The topological polar surface area (TPSA) is 70.5 Å². The number of rotatable bonds is 6. The standard InChI is InChI=1S/C14H21Cl2N5O2/c1-2-3-17-12(22)9-19-4-6-20(7-5-19)10-21-14(23)13(16)11(15)8-18-21/h8H,2-7,9-10H2,1H3,(H,17,22). The molecular weight excluding hydrogens is 341 g/mol. The molecule has 1 aliphatic heterocycles. The van der Waals surface area contributed by atoms with Gasteiger partial charge in [-0.05, 0) is 6.42 Å². The first-order valence-electron chi connectivity index (χ1n) is 7.63. The van der Waals surface area contributed by atoms with Gasteiger partial charge in [-0.25, -0.2) is 4.68 Å². The molecule has 1 aromatic rings. The summed E-state index contributed by atoms with van der Waals surface area (Å²) in [4.78, 5) is 27.9. The summed E-state index contributed by atoms with van der Waals surface area (Å²) in [6.45, 7) is 6.59. The lowest BCUT2D eigenvalue weighted by atomic mass is 10.3. The van der Waals surface area contributed by atoms with Crippen molar-refractivity contribution in [1.29, 1.82) is 0 Å². The number of hydrogen-bond acceptors (Lipinski definition) is 5. The number of aromatic nitrogens is 2. The summed E-state index contributed by atoms with van der Waals surface area (Å²) in [7, 11) is 0. The van der Waals surface area contributed by atoms with Gasteiger partial charge in [0.25, 0.3) is 5.56 Å². The summed E-state index contributed by atoms with van der Waals surface area (Å²) in [6.07, 6.45) is 2.31. The van der Waals surface area contributed by atoms with Crippen LogP contribution >= 0.6 is 23.2 Å². The minimum absolute atomic E-state index is 0.00658. The fourth-order valence-electron chi connectivity index (χ4n) is 2.35. The molecule has 0 aromatic carbocycles. The molecule has 1 aliphatic rings. The van der Waals surface area contributed by atoms with E-state index in [2.05, 4.69) is 20.2 Å². The summed E-state index contributed by atoms with van der Waals surface area (Å²) in [5, 5.41) is 7.03. The van der Waals surface area contributed by atoms with Gasteiger partial charge < -0.3 is 5.32 Å². The monoisotopic (exact) mass is 361 g/mol. The second-order valence-corrected chi connectivity index (χ2v) is 6.28. The van der Waals surface area contributed by atoms with E-state index >= 15 is 0 Å². The van der Waals surface area contributed by atoms with E-state index in [1.54, 1.807) is 0 Å². The maximum atomic E-state index is 12.0. The molecule has 0 spiro atoms. The van der Waals surface area contributed by atoms with Crippen LogP contribution < -0.4 is 10.9 Å². The number of amides is 1. The zero-order valence-corrected chi connectivity index (χ0v) is 14.6. The van der Waals surface area contributed by atoms with Crippen LogP contribution in [-0.4, -0.2) is 64.8 Å². The maximum absolute atomic E-state index is 12.0. The molecule has 1 aromatic heterocycles. The number of carbonyl (C=O) groups excluding carboxylic acids is 1. The Labute approximate surface area is 145 Å². The highest BCUT2D eigenvalue weighted by molar-refractivity contribution is 6.41. The third-order valence-electron chi connectivity index (χ3n) is 3.68. The maximum Gasteiger partial charge on any atom is 0.288 e. The molecule has 0 bridgehead atoms. The van der Waals surface area contributed by atoms with Gasteiger partial charge in [-0.1, -0.05) is 30.1 Å². The molecule has 0 atom stereocenters. The van der Waals surface area contributed by atoms with Crippen LogP contribution in [-0.2, 0) is 11.5 Å². The molecule has 0 saturated carbocycles. The quantitative estimate of drug-likeness (QED) is 0.805. The molecule has 1 amide bonds. The lowest BCUT2D eigenvalue weighted by molar-refractivity contribution is -0.122. The van der Waals surface area contributed by atoms with Crippen LogP contribution in [0.1, 0.15) is 13.3 Å². The molecule has 0 aliphatic carbocycles. The third kappa shape index (κ3) is 5.17. The highest BCUT2D eigenvalue weighted by atomic mass is 35.5. The summed E-state index contributed by atoms with van der Waals surface area (Å²) < 4.78 is 1.30. The molecule has 0 radical (unpaired) electrons. The Bertz CT molecular complexity index is 599. The van der Waals surface area contributed by atoms with Crippen molar-refractivity contribution < 1.29 is 4.79 Å². The summed E-state index contributed by atoms with van der Waals surface area (Å²) in [5.41, 5.74) is -0.388. The van der Waals surface area contributed by atoms with Gasteiger partial charge in [0, 0.05) is 32.7 Å². The van der Waals surface area contributed by atoms with Gasteiger partial charge in [-0.3, -0.25) is 19.4 Å². The van der Waals surface area contributed by atoms with Crippen LogP contribution in [0.25, 0.3) is 0 Å². The molecule has 2 heterocycles. The highest BCUT2D eigenvalue weighted by Gasteiger charge is 2.20.